The van der Waals surface area contributed by atoms with Crippen LogP contribution in [0.3, 0.4) is 0 Å². The molecule has 2 aromatic rings. The summed E-state index contributed by atoms with van der Waals surface area (Å²) in [6, 6.07) is 3.45. The zero-order valence-corrected chi connectivity index (χ0v) is 16.7. The quantitative estimate of drug-likeness (QED) is 0.495. The Kier molecular flexibility index (Phi) is 5.37. The first kappa shape index (κ1) is 19.8. The van der Waals surface area contributed by atoms with Gasteiger partial charge in [-0.15, -0.1) is 0 Å². The van der Waals surface area contributed by atoms with Gasteiger partial charge in [-0.25, -0.2) is 9.97 Å². The summed E-state index contributed by atoms with van der Waals surface area (Å²) in [5.74, 6) is 0.582. The highest BCUT2D eigenvalue weighted by molar-refractivity contribution is 5.95. The Balaban J connectivity index is 1.68. The van der Waals surface area contributed by atoms with Crippen molar-refractivity contribution < 1.29 is 4.79 Å². The smallest absolute Gasteiger partial charge is 0.269 e. The first-order valence-electron chi connectivity index (χ1n) is 9.28. The number of nitrogens with zero attached hydrogens (tertiary/aromatic N) is 3. The van der Waals surface area contributed by atoms with Gasteiger partial charge in [0.1, 0.15) is 12.0 Å². The third kappa shape index (κ3) is 4.86. The van der Waals surface area contributed by atoms with Crippen LogP contribution < -0.4 is 27.2 Å². The molecule has 0 atom stereocenters. The molecule has 1 aliphatic rings. The molecule has 1 aliphatic heterocycles. The van der Waals surface area contributed by atoms with Crippen LogP contribution >= 0.6 is 0 Å². The molecule has 0 unspecified atom stereocenters. The average molecular weight is 384 g/mol. The molecular weight excluding hydrogens is 356 g/mol. The molecule has 3 rings (SSSR count). The number of carbonyl (C=O) groups is 1. The third-order valence-electron chi connectivity index (χ3n) is 4.65. The van der Waals surface area contributed by atoms with E-state index in [2.05, 4.69) is 64.1 Å². The van der Waals surface area contributed by atoms with Crippen molar-refractivity contribution in [3.63, 3.8) is 0 Å². The number of amides is 1. The van der Waals surface area contributed by atoms with E-state index >= 15 is 0 Å². The normalized spacial score (nSPS) is 18.3. The molecule has 9 nitrogen and oxygen atoms in total. The predicted molar refractivity (Wildman–Crippen MR) is 110 cm³/mol. The van der Waals surface area contributed by atoms with Gasteiger partial charge in [0, 0.05) is 35.1 Å². The molecule has 150 valence electrons. The molecule has 28 heavy (non-hydrogen) atoms. The van der Waals surface area contributed by atoms with Crippen LogP contribution in [-0.2, 0) is 0 Å². The molecule has 9 heteroatoms. The van der Waals surface area contributed by atoms with E-state index in [4.69, 9.17) is 5.73 Å². The number of aromatic nitrogens is 3. The van der Waals surface area contributed by atoms with Gasteiger partial charge in [-0.05, 0) is 52.7 Å². The number of hydrogen-bond donors (Lipinski definition) is 5. The zero-order valence-electron chi connectivity index (χ0n) is 16.7. The number of pyridine rings is 1. The van der Waals surface area contributed by atoms with E-state index in [1.807, 2.05) is 0 Å². The first-order chi connectivity index (χ1) is 13.2. The molecule has 3 heterocycles. The Labute approximate surface area is 164 Å². The number of hydrogen-bond acceptors (Lipinski definition) is 8. The average Bonchev–Trinajstić information content (AvgIpc) is 2.60. The summed E-state index contributed by atoms with van der Waals surface area (Å²) in [6.45, 7) is 8.75. The van der Waals surface area contributed by atoms with Crippen LogP contribution in [0, 0.1) is 0 Å². The molecule has 0 bridgehead atoms. The highest BCUT2D eigenvalue weighted by Crippen LogP contribution is 2.32. The van der Waals surface area contributed by atoms with E-state index in [0.717, 1.165) is 12.8 Å². The standard InChI is InChI=1S/C19H28N8O/c1-18(2)9-13(10-19(3,4)27-18)24-15-14(20)16(23-11-22-15)25-26-17(28)12-5-7-21-8-6-12/h5-8,11,13,27H,9-10,20H2,1-4H3,(H,26,28)(H2,22,23,24,25). The maximum absolute atomic E-state index is 12.2. The van der Waals surface area contributed by atoms with Crippen molar-refractivity contribution >= 4 is 23.2 Å². The number of nitrogens with one attached hydrogen (secondary N) is 4. The molecule has 0 aliphatic carbocycles. The monoisotopic (exact) mass is 384 g/mol. The minimum atomic E-state index is -0.309. The Morgan fingerprint density at radius 1 is 1.11 bits per heavy atom. The van der Waals surface area contributed by atoms with Crippen LogP contribution in [0.25, 0.3) is 0 Å². The van der Waals surface area contributed by atoms with E-state index in [-0.39, 0.29) is 23.0 Å². The zero-order chi connectivity index (χ0) is 20.4. The molecule has 0 aromatic carbocycles. The lowest BCUT2D eigenvalue weighted by atomic mass is 9.79. The second-order valence-electron chi connectivity index (χ2n) is 8.44. The highest BCUT2D eigenvalue weighted by atomic mass is 16.2. The van der Waals surface area contributed by atoms with Crippen LogP contribution in [0.4, 0.5) is 17.3 Å². The van der Waals surface area contributed by atoms with Gasteiger partial charge in [-0.1, -0.05) is 0 Å². The Bertz CT molecular complexity index is 821. The summed E-state index contributed by atoms with van der Waals surface area (Å²) in [5, 5.41) is 7.10. The molecule has 0 spiro atoms. The molecule has 1 amide bonds. The van der Waals surface area contributed by atoms with E-state index in [0.29, 0.717) is 22.9 Å². The van der Waals surface area contributed by atoms with Gasteiger partial charge in [0.2, 0.25) is 0 Å². The van der Waals surface area contributed by atoms with Gasteiger partial charge in [0.05, 0.1) is 0 Å². The van der Waals surface area contributed by atoms with E-state index < -0.39 is 0 Å². The van der Waals surface area contributed by atoms with Gasteiger partial charge < -0.3 is 16.4 Å². The minimum Gasteiger partial charge on any atom is -0.393 e. The summed E-state index contributed by atoms with van der Waals surface area (Å²) in [5.41, 5.74) is 12.4. The number of piperidine rings is 1. The van der Waals surface area contributed by atoms with Gasteiger partial charge >= 0.3 is 0 Å². The van der Waals surface area contributed by atoms with Crippen molar-refractivity contribution in [2.75, 3.05) is 16.5 Å². The number of nitrogen functional groups attached to an aromatic ring is 1. The van der Waals surface area contributed by atoms with Crippen molar-refractivity contribution in [3.8, 4) is 0 Å². The lowest BCUT2D eigenvalue weighted by molar-refractivity contribution is 0.0962. The Morgan fingerprint density at radius 2 is 1.71 bits per heavy atom. The van der Waals surface area contributed by atoms with Crippen molar-refractivity contribution in [1.29, 1.82) is 0 Å². The van der Waals surface area contributed by atoms with Crippen LogP contribution in [0.5, 0.6) is 0 Å². The molecule has 1 fully saturated rings. The van der Waals surface area contributed by atoms with Crippen molar-refractivity contribution in [2.45, 2.75) is 57.7 Å². The largest absolute Gasteiger partial charge is 0.393 e. The van der Waals surface area contributed by atoms with Gasteiger partial charge in [0.25, 0.3) is 5.91 Å². The second kappa shape index (κ2) is 7.59. The molecule has 0 radical (unpaired) electrons. The Morgan fingerprint density at radius 3 is 2.36 bits per heavy atom. The molecule has 0 saturated carbocycles. The number of nitrogens with two attached hydrogens (primary N) is 1. The Hall–Kier alpha value is -2.94. The topological polar surface area (TPSA) is 130 Å². The summed E-state index contributed by atoms with van der Waals surface area (Å²) in [6.07, 6.45) is 6.38. The highest BCUT2D eigenvalue weighted by Gasteiger charge is 2.37. The van der Waals surface area contributed by atoms with E-state index in [1.165, 1.54) is 6.33 Å². The van der Waals surface area contributed by atoms with Crippen molar-refractivity contribution in [2.24, 2.45) is 0 Å². The number of rotatable bonds is 5. The fourth-order valence-corrected chi connectivity index (χ4v) is 3.92. The number of anilines is 3. The second-order valence-corrected chi connectivity index (χ2v) is 8.44. The summed E-state index contributed by atoms with van der Waals surface area (Å²) >= 11 is 0. The van der Waals surface area contributed by atoms with Crippen LogP contribution in [0.2, 0.25) is 0 Å². The maximum atomic E-state index is 12.2. The van der Waals surface area contributed by atoms with Gasteiger partial charge in [-0.3, -0.25) is 20.6 Å². The summed E-state index contributed by atoms with van der Waals surface area (Å²) < 4.78 is 0. The molecule has 1 saturated heterocycles. The lowest BCUT2D eigenvalue weighted by Gasteiger charge is -2.46. The minimum absolute atomic E-state index is 0.000798. The van der Waals surface area contributed by atoms with Crippen LogP contribution in [-0.4, -0.2) is 38.0 Å². The van der Waals surface area contributed by atoms with Crippen LogP contribution in [0.15, 0.2) is 30.9 Å². The molecule has 6 N–H and O–H groups in total. The molecular formula is C19H28N8O. The van der Waals surface area contributed by atoms with Gasteiger partial charge in [0.15, 0.2) is 11.6 Å². The first-order valence-corrected chi connectivity index (χ1v) is 9.28. The van der Waals surface area contributed by atoms with Crippen molar-refractivity contribution in [1.82, 2.24) is 25.7 Å². The summed E-state index contributed by atoms with van der Waals surface area (Å²) in [4.78, 5) is 24.5. The van der Waals surface area contributed by atoms with Crippen LogP contribution in [0.1, 0.15) is 50.9 Å². The fraction of sp³-hybridized carbons (Fsp3) is 0.474. The fourth-order valence-electron chi connectivity index (χ4n) is 3.92. The predicted octanol–water partition coefficient (Wildman–Crippen LogP) is 1.93. The SMILES string of the molecule is CC1(C)CC(Nc2ncnc(NNC(=O)c3ccncc3)c2N)CC(C)(C)N1. The van der Waals surface area contributed by atoms with E-state index in [1.54, 1.807) is 24.5 Å². The number of carbonyl (C=O) groups excluding carboxylic acids is 1. The molecule has 2 aromatic heterocycles. The summed E-state index contributed by atoms with van der Waals surface area (Å²) in [7, 11) is 0. The van der Waals surface area contributed by atoms with E-state index in [9.17, 15) is 4.79 Å². The third-order valence-corrected chi connectivity index (χ3v) is 4.65. The van der Waals surface area contributed by atoms with Crippen molar-refractivity contribution in [3.05, 3.63) is 36.4 Å². The lowest BCUT2D eigenvalue weighted by Crippen LogP contribution is -2.60. The van der Waals surface area contributed by atoms with Gasteiger partial charge in [-0.2, -0.15) is 0 Å². The maximum Gasteiger partial charge on any atom is 0.269 e. The number of hydrazine groups is 1.